The molecule has 0 heterocycles. The van der Waals surface area contributed by atoms with Gasteiger partial charge in [0.2, 0.25) is 0 Å². The molecule has 0 bridgehead atoms. The molecule has 0 rings (SSSR count). The van der Waals surface area contributed by atoms with Crippen molar-refractivity contribution in [2.75, 3.05) is 11.9 Å². The number of carbonyl (C=O) groups is 1. The van der Waals surface area contributed by atoms with Crippen LogP contribution in [-0.4, -0.2) is 24.0 Å². The van der Waals surface area contributed by atoms with Gasteiger partial charge in [-0.05, 0) is 13.0 Å². The number of halogens is 4. The number of hydrogen-bond acceptors (Lipinski definition) is 2. The first-order valence-electron chi connectivity index (χ1n) is 2.99. The molecule has 0 aliphatic heterocycles. The van der Waals surface area contributed by atoms with Gasteiger partial charge in [0.15, 0.2) is 0 Å². The van der Waals surface area contributed by atoms with E-state index < -0.39 is 12.1 Å². The van der Waals surface area contributed by atoms with Gasteiger partial charge in [0.1, 0.15) is 0 Å². The smallest absolute Gasteiger partial charge is 0.362 e. The van der Waals surface area contributed by atoms with Crippen molar-refractivity contribution in [1.82, 2.24) is 0 Å². The molecule has 0 radical (unpaired) electrons. The van der Waals surface area contributed by atoms with Crippen LogP contribution in [0.3, 0.4) is 0 Å². The molecule has 12 heavy (non-hydrogen) atoms. The van der Waals surface area contributed by atoms with Crippen LogP contribution >= 0.6 is 15.9 Å². The van der Waals surface area contributed by atoms with E-state index in [1.165, 1.54) is 0 Å². The zero-order valence-electron chi connectivity index (χ0n) is 6.20. The van der Waals surface area contributed by atoms with Gasteiger partial charge in [-0.15, -0.1) is 0 Å². The zero-order valence-corrected chi connectivity index (χ0v) is 7.78. The van der Waals surface area contributed by atoms with E-state index in [0.717, 1.165) is 18.3 Å². The van der Waals surface area contributed by atoms with Crippen molar-refractivity contribution in [3.05, 3.63) is 0 Å². The molecule has 0 saturated carbocycles. The van der Waals surface area contributed by atoms with Gasteiger partial charge in [-0.25, -0.2) is 0 Å². The van der Waals surface area contributed by atoms with E-state index in [0.29, 0.717) is 0 Å². The van der Waals surface area contributed by atoms with Gasteiger partial charge in [-0.1, -0.05) is 15.9 Å². The molecule has 0 fully saturated rings. The van der Waals surface area contributed by atoms with Gasteiger partial charge in [0, 0.05) is 5.33 Å². The second kappa shape index (κ2) is 7.35. The molecular formula is C5H10BrF3N2O. The highest BCUT2D eigenvalue weighted by Crippen LogP contribution is 2.11. The summed E-state index contributed by atoms with van der Waals surface area (Å²) in [5, 5.41) is 1.03. The minimum Gasteiger partial charge on any atom is -0.362 e. The van der Waals surface area contributed by atoms with Crippen LogP contribution in [0.1, 0.15) is 6.42 Å². The van der Waals surface area contributed by atoms with E-state index in [4.69, 9.17) is 10.5 Å². The Hall–Kier alpha value is -0.300. The first-order valence-corrected chi connectivity index (χ1v) is 4.11. The standard InChI is InChI=1S/C3H8BrN.C2H2F3NO/c4-2-1-3-5;3-2(4,5)1(6)7/h1-3,5H2;(H2,6,7). The second-order valence-electron chi connectivity index (χ2n) is 1.69. The van der Waals surface area contributed by atoms with Crippen LogP contribution in [0.25, 0.3) is 0 Å². The normalized spacial score (nSPS) is 10.1. The number of rotatable bonds is 2. The van der Waals surface area contributed by atoms with Crippen molar-refractivity contribution in [2.45, 2.75) is 12.6 Å². The van der Waals surface area contributed by atoms with Gasteiger partial charge < -0.3 is 11.5 Å². The van der Waals surface area contributed by atoms with Crippen molar-refractivity contribution in [1.29, 1.82) is 0 Å². The Morgan fingerprint density at radius 2 is 1.75 bits per heavy atom. The Balaban J connectivity index is 0. The molecule has 0 atom stereocenters. The fourth-order valence-electron chi connectivity index (χ4n) is 0.0772. The molecule has 0 saturated heterocycles. The van der Waals surface area contributed by atoms with Crippen LogP contribution in [0.2, 0.25) is 0 Å². The SMILES string of the molecule is NC(=O)C(F)(F)F.NCCCBr. The van der Waals surface area contributed by atoms with E-state index in [-0.39, 0.29) is 0 Å². The fourth-order valence-corrected chi connectivity index (χ4v) is 0.401. The van der Waals surface area contributed by atoms with E-state index in [1.54, 1.807) is 0 Å². The molecule has 0 aromatic carbocycles. The minimum atomic E-state index is -4.86. The van der Waals surface area contributed by atoms with Gasteiger partial charge in [0.05, 0.1) is 0 Å². The Morgan fingerprint density at radius 1 is 1.42 bits per heavy atom. The van der Waals surface area contributed by atoms with Crippen LogP contribution in [0.15, 0.2) is 0 Å². The lowest BCUT2D eigenvalue weighted by atomic mass is 10.5. The maximum atomic E-state index is 10.7. The van der Waals surface area contributed by atoms with E-state index in [1.807, 2.05) is 0 Å². The highest BCUT2D eigenvalue weighted by molar-refractivity contribution is 9.09. The summed E-state index contributed by atoms with van der Waals surface area (Å²) in [7, 11) is 0. The third kappa shape index (κ3) is 12.4. The van der Waals surface area contributed by atoms with Gasteiger partial charge in [0.25, 0.3) is 0 Å². The molecule has 0 aromatic heterocycles. The highest BCUT2D eigenvalue weighted by atomic mass is 79.9. The average molecular weight is 251 g/mol. The third-order valence-corrected chi connectivity index (χ3v) is 1.18. The maximum Gasteiger partial charge on any atom is 0.470 e. The third-order valence-electron chi connectivity index (χ3n) is 0.617. The molecule has 74 valence electrons. The molecule has 7 heteroatoms. The Labute approximate surface area is 76.4 Å². The average Bonchev–Trinajstić information content (AvgIpc) is 1.88. The van der Waals surface area contributed by atoms with Crippen molar-refractivity contribution < 1.29 is 18.0 Å². The van der Waals surface area contributed by atoms with Crippen LogP contribution in [-0.2, 0) is 4.79 Å². The fraction of sp³-hybridized carbons (Fsp3) is 0.800. The van der Waals surface area contributed by atoms with Gasteiger partial charge in [-0.3, -0.25) is 4.79 Å². The van der Waals surface area contributed by atoms with Crippen molar-refractivity contribution in [3.8, 4) is 0 Å². The minimum absolute atomic E-state index is 0.797. The van der Waals surface area contributed by atoms with E-state index >= 15 is 0 Å². The molecular weight excluding hydrogens is 241 g/mol. The summed E-state index contributed by atoms with van der Waals surface area (Å²) in [6.07, 6.45) is -3.78. The summed E-state index contributed by atoms with van der Waals surface area (Å²) in [4.78, 5) is 9.12. The lowest BCUT2D eigenvalue weighted by Crippen LogP contribution is -2.30. The predicted molar refractivity (Wildman–Crippen MR) is 42.7 cm³/mol. The number of primary amides is 1. The summed E-state index contributed by atoms with van der Waals surface area (Å²) < 4.78 is 32.1. The van der Waals surface area contributed by atoms with Crippen LogP contribution in [0.5, 0.6) is 0 Å². The van der Waals surface area contributed by atoms with E-state index in [9.17, 15) is 13.2 Å². The topological polar surface area (TPSA) is 69.1 Å². The van der Waals surface area contributed by atoms with E-state index in [2.05, 4.69) is 21.7 Å². The van der Waals surface area contributed by atoms with Crippen molar-refractivity contribution in [2.24, 2.45) is 11.5 Å². The summed E-state index contributed by atoms with van der Waals surface area (Å²) in [5.41, 5.74) is 8.91. The molecule has 0 aliphatic carbocycles. The predicted octanol–water partition coefficient (Wildman–Crippen LogP) is 0.764. The molecule has 1 amide bonds. The molecule has 0 aliphatic rings. The molecule has 4 N–H and O–H groups in total. The quantitative estimate of drug-likeness (QED) is 0.711. The highest BCUT2D eigenvalue weighted by Gasteiger charge is 2.35. The first kappa shape index (κ1) is 14.2. The number of carbonyl (C=O) groups excluding carboxylic acids is 1. The zero-order chi connectivity index (χ0) is 10.2. The molecule has 3 nitrogen and oxygen atoms in total. The summed E-state index contributed by atoms with van der Waals surface area (Å²) in [6.45, 7) is 0.797. The maximum absolute atomic E-state index is 10.7. The lowest BCUT2D eigenvalue weighted by Gasteiger charge is -1.95. The van der Waals surface area contributed by atoms with Crippen molar-refractivity contribution in [3.63, 3.8) is 0 Å². The second-order valence-corrected chi connectivity index (χ2v) is 2.49. The Bertz CT molecular complexity index is 126. The van der Waals surface area contributed by atoms with Gasteiger partial charge in [-0.2, -0.15) is 13.2 Å². The number of nitrogens with two attached hydrogens (primary N) is 2. The molecule has 0 aromatic rings. The Morgan fingerprint density at radius 3 is 1.75 bits per heavy atom. The number of hydrogen-bond donors (Lipinski definition) is 2. The first-order chi connectivity index (χ1) is 5.36. The summed E-state index contributed by atoms with van der Waals surface area (Å²) >= 11 is 3.23. The summed E-state index contributed by atoms with van der Waals surface area (Å²) in [5.74, 6) is -2.26. The van der Waals surface area contributed by atoms with Crippen molar-refractivity contribution >= 4 is 21.8 Å². The number of amides is 1. The molecule has 0 spiro atoms. The number of alkyl halides is 4. The lowest BCUT2D eigenvalue weighted by molar-refractivity contribution is -0.169. The van der Waals surface area contributed by atoms with Crippen LogP contribution in [0.4, 0.5) is 13.2 Å². The largest absolute Gasteiger partial charge is 0.470 e. The molecule has 0 unspecified atom stereocenters. The monoisotopic (exact) mass is 250 g/mol. The summed E-state index contributed by atoms with van der Waals surface area (Å²) in [6, 6.07) is 0. The Kier molecular flexibility index (Phi) is 8.73. The van der Waals surface area contributed by atoms with Gasteiger partial charge >= 0.3 is 12.1 Å². The van der Waals surface area contributed by atoms with Crippen LogP contribution in [0, 0.1) is 0 Å². The van der Waals surface area contributed by atoms with Crippen LogP contribution < -0.4 is 11.5 Å².